The van der Waals surface area contributed by atoms with Gasteiger partial charge in [0.15, 0.2) is 6.10 Å². The summed E-state index contributed by atoms with van der Waals surface area (Å²) in [5.41, 5.74) is 0. The quantitative estimate of drug-likeness (QED) is 0.812. The van der Waals surface area contributed by atoms with Gasteiger partial charge in [0.1, 0.15) is 5.75 Å². The summed E-state index contributed by atoms with van der Waals surface area (Å²) in [5.74, 6) is 0.245. The van der Waals surface area contributed by atoms with E-state index in [1.165, 1.54) is 0 Å². The van der Waals surface area contributed by atoms with Gasteiger partial charge in [-0.3, -0.25) is 4.79 Å². The monoisotopic (exact) mass is 319 g/mol. The van der Waals surface area contributed by atoms with Crippen LogP contribution in [0, 0.1) is 0 Å². The van der Waals surface area contributed by atoms with E-state index in [1.807, 2.05) is 6.92 Å². The number of amides is 1. The van der Waals surface area contributed by atoms with Gasteiger partial charge >= 0.3 is 0 Å². The molecule has 0 aromatic heterocycles. The summed E-state index contributed by atoms with van der Waals surface area (Å²) in [6.45, 7) is 3.96. The lowest BCUT2D eigenvalue weighted by molar-refractivity contribution is -0.127. The van der Waals surface area contributed by atoms with E-state index in [0.717, 1.165) is 0 Å². The molecule has 6 heteroatoms. The van der Waals surface area contributed by atoms with Crippen LogP contribution >= 0.6 is 23.2 Å². The van der Waals surface area contributed by atoms with Crippen molar-refractivity contribution in [1.29, 1.82) is 0 Å². The first-order valence-electron chi connectivity index (χ1n) is 6.51. The molecule has 0 aliphatic heterocycles. The molecule has 0 saturated carbocycles. The van der Waals surface area contributed by atoms with Crippen LogP contribution < -0.4 is 10.1 Å². The number of nitrogens with one attached hydrogen (secondary N) is 1. The Morgan fingerprint density at radius 3 is 2.70 bits per heavy atom. The predicted molar refractivity (Wildman–Crippen MR) is 80.5 cm³/mol. The largest absolute Gasteiger partial charge is 0.481 e. The van der Waals surface area contributed by atoms with Crippen LogP contribution in [0.4, 0.5) is 0 Å². The minimum atomic E-state index is -0.647. The summed E-state index contributed by atoms with van der Waals surface area (Å²) in [5, 5.41) is 12.9. The molecule has 0 fully saturated rings. The second-order valence-electron chi connectivity index (χ2n) is 4.48. The molecule has 1 aromatic rings. The standard InChI is InChI=1S/C14H19Cl2NO3/c1-3-10(18)6-7-17-14(19)9(2)20-11-4-5-12(15)13(16)8-11/h4-5,8-10,18H,3,6-7H2,1-2H3,(H,17,19). The molecule has 0 saturated heterocycles. The number of hydrogen-bond acceptors (Lipinski definition) is 3. The molecule has 2 N–H and O–H groups in total. The summed E-state index contributed by atoms with van der Waals surface area (Å²) in [4.78, 5) is 11.8. The highest BCUT2D eigenvalue weighted by atomic mass is 35.5. The Balaban J connectivity index is 2.43. The molecular weight excluding hydrogens is 301 g/mol. The molecule has 1 aromatic carbocycles. The number of halogens is 2. The number of benzene rings is 1. The van der Waals surface area contributed by atoms with Crippen molar-refractivity contribution in [2.24, 2.45) is 0 Å². The number of ether oxygens (including phenoxy) is 1. The van der Waals surface area contributed by atoms with Gasteiger partial charge in [-0.25, -0.2) is 0 Å². The maximum Gasteiger partial charge on any atom is 0.260 e. The van der Waals surface area contributed by atoms with E-state index in [2.05, 4.69) is 5.32 Å². The van der Waals surface area contributed by atoms with Crippen LogP contribution in [0.2, 0.25) is 10.0 Å². The highest BCUT2D eigenvalue weighted by Gasteiger charge is 2.15. The molecule has 0 aliphatic carbocycles. The first-order chi connectivity index (χ1) is 9.43. The molecule has 20 heavy (non-hydrogen) atoms. The molecule has 1 rings (SSSR count). The number of carbonyl (C=O) groups excluding carboxylic acids is 1. The predicted octanol–water partition coefficient (Wildman–Crippen LogP) is 3.04. The second-order valence-corrected chi connectivity index (χ2v) is 5.29. The van der Waals surface area contributed by atoms with Crippen LogP contribution in [0.25, 0.3) is 0 Å². The van der Waals surface area contributed by atoms with Crippen molar-refractivity contribution >= 4 is 29.1 Å². The average molecular weight is 320 g/mol. The van der Waals surface area contributed by atoms with E-state index in [9.17, 15) is 9.90 Å². The van der Waals surface area contributed by atoms with Crippen LogP contribution in [0.1, 0.15) is 26.7 Å². The number of aliphatic hydroxyl groups excluding tert-OH is 1. The molecule has 4 nitrogen and oxygen atoms in total. The maximum atomic E-state index is 11.8. The molecule has 0 spiro atoms. The highest BCUT2D eigenvalue weighted by Crippen LogP contribution is 2.26. The zero-order chi connectivity index (χ0) is 15.1. The van der Waals surface area contributed by atoms with Gasteiger partial charge in [0, 0.05) is 12.6 Å². The summed E-state index contributed by atoms with van der Waals surface area (Å²) in [7, 11) is 0. The lowest BCUT2D eigenvalue weighted by atomic mass is 10.2. The number of aliphatic hydroxyl groups is 1. The third-order valence-electron chi connectivity index (χ3n) is 2.82. The number of hydrogen-bond donors (Lipinski definition) is 2. The Bertz CT molecular complexity index is 454. The van der Waals surface area contributed by atoms with Crippen LogP contribution in [-0.4, -0.2) is 29.8 Å². The van der Waals surface area contributed by atoms with Crippen molar-refractivity contribution in [3.63, 3.8) is 0 Å². The fourth-order valence-electron chi connectivity index (χ4n) is 1.52. The van der Waals surface area contributed by atoms with Crippen molar-refractivity contribution in [3.05, 3.63) is 28.2 Å². The Kier molecular flexibility index (Phi) is 7.13. The molecule has 0 aliphatic rings. The van der Waals surface area contributed by atoms with E-state index in [0.29, 0.717) is 35.2 Å². The summed E-state index contributed by atoms with van der Waals surface area (Å²) in [6, 6.07) is 4.83. The third-order valence-corrected chi connectivity index (χ3v) is 3.56. The van der Waals surface area contributed by atoms with Crippen molar-refractivity contribution in [2.75, 3.05) is 6.54 Å². The van der Waals surface area contributed by atoms with Gasteiger partial charge in [-0.05, 0) is 31.9 Å². The van der Waals surface area contributed by atoms with Crippen molar-refractivity contribution in [1.82, 2.24) is 5.32 Å². The normalized spacial score (nSPS) is 13.7. The number of rotatable bonds is 7. The molecule has 0 heterocycles. The Morgan fingerprint density at radius 2 is 2.10 bits per heavy atom. The van der Waals surface area contributed by atoms with Crippen LogP contribution in [0.15, 0.2) is 18.2 Å². The first kappa shape index (κ1) is 17.1. The van der Waals surface area contributed by atoms with Gasteiger partial charge in [0.2, 0.25) is 0 Å². The zero-order valence-electron chi connectivity index (χ0n) is 11.5. The van der Waals surface area contributed by atoms with Crippen LogP contribution in [0.3, 0.4) is 0 Å². The first-order valence-corrected chi connectivity index (χ1v) is 7.27. The van der Waals surface area contributed by atoms with Gasteiger partial charge in [-0.2, -0.15) is 0 Å². The second kappa shape index (κ2) is 8.35. The van der Waals surface area contributed by atoms with E-state index in [4.69, 9.17) is 27.9 Å². The minimum Gasteiger partial charge on any atom is -0.481 e. The molecule has 1 amide bonds. The molecule has 2 atom stereocenters. The van der Waals surface area contributed by atoms with E-state index in [-0.39, 0.29) is 12.0 Å². The van der Waals surface area contributed by atoms with Gasteiger partial charge in [0.25, 0.3) is 5.91 Å². The number of carbonyl (C=O) groups is 1. The molecule has 0 bridgehead atoms. The van der Waals surface area contributed by atoms with E-state index >= 15 is 0 Å². The zero-order valence-corrected chi connectivity index (χ0v) is 13.0. The van der Waals surface area contributed by atoms with Gasteiger partial charge in [-0.1, -0.05) is 30.1 Å². The van der Waals surface area contributed by atoms with Gasteiger partial charge in [0.05, 0.1) is 16.1 Å². The highest BCUT2D eigenvalue weighted by molar-refractivity contribution is 6.42. The minimum absolute atomic E-state index is 0.237. The topological polar surface area (TPSA) is 58.6 Å². The van der Waals surface area contributed by atoms with Crippen LogP contribution in [0.5, 0.6) is 5.75 Å². The SMILES string of the molecule is CCC(O)CCNC(=O)C(C)Oc1ccc(Cl)c(Cl)c1. The Morgan fingerprint density at radius 1 is 1.40 bits per heavy atom. The summed E-state index contributed by atoms with van der Waals surface area (Å²) in [6.07, 6.45) is 0.167. The van der Waals surface area contributed by atoms with Gasteiger partial charge in [-0.15, -0.1) is 0 Å². The lowest BCUT2D eigenvalue weighted by Gasteiger charge is -2.15. The lowest BCUT2D eigenvalue weighted by Crippen LogP contribution is -2.37. The molecule has 0 radical (unpaired) electrons. The summed E-state index contributed by atoms with van der Waals surface area (Å²) < 4.78 is 5.48. The smallest absolute Gasteiger partial charge is 0.260 e. The van der Waals surface area contributed by atoms with Crippen LogP contribution in [-0.2, 0) is 4.79 Å². The van der Waals surface area contributed by atoms with E-state index in [1.54, 1.807) is 25.1 Å². The van der Waals surface area contributed by atoms with E-state index < -0.39 is 6.10 Å². The molecule has 2 unspecified atom stereocenters. The molecule has 112 valence electrons. The summed E-state index contributed by atoms with van der Waals surface area (Å²) >= 11 is 11.7. The van der Waals surface area contributed by atoms with Crippen molar-refractivity contribution in [3.8, 4) is 5.75 Å². The maximum absolute atomic E-state index is 11.8. The van der Waals surface area contributed by atoms with Crippen molar-refractivity contribution in [2.45, 2.75) is 38.9 Å². The van der Waals surface area contributed by atoms with Gasteiger partial charge < -0.3 is 15.2 Å². The Hall–Kier alpha value is -0.970. The van der Waals surface area contributed by atoms with Crippen molar-refractivity contribution < 1.29 is 14.6 Å². The fraction of sp³-hybridized carbons (Fsp3) is 0.500. The fourth-order valence-corrected chi connectivity index (χ4v) is 1.81. The Labute approximate surface area is 129 Å². The average Bonchev–Trinajstić information content (AvgIpc) is 2.42. The third kappa shape index (κ3) is 5.57. The molecular formula is C14H19Cl2NO3.